The molecule has 12 heteroatoms. The largest absolute Gasteiger partial charge is 0.476 e. The van der Waals surface area contributed by atoms with E-state index in [0.29, 0.717) is 6.42 Å². The number of anilines is 1. The fourth-order valence-electron chi connectivity index (χ4n) is 4.77. The number of hydrogen-bond acceptors (Lipinski definition) is 8. The van der Waals surface area contributed by atoms with Crippen molar-refractivity contribution in [1.82, 2.24) is 9.97 Å². The molecule has 8 nitrogen and oxygen atoms in total. The van der Waals surface area contributed by atoms with Gasteiger partial charge in [-0.1, -0.05) is 38.1 Å². The van der Waals surface area contributed by atoms with E-state index in [1.165, 1.54) is 30.5 Å². The summed E-state index contributed by atoms with van der Waals surface area (Å²) in [6.07, 6.45) is 1.90. The normalized spacial score (nSPS) is 17.1. The fraction of sp³-hybridized carbons (Fsp3) is 0.310. The van der Waals surface area contributed by atoms with Gasteiger partial charge in [0.15, 0.2) is 21.2 Å². The highest BCUT2D eigenvalue weighted by molar-refractivity contribution is 7.90. The van der Waals surface area contributed by atoms with Crippen molar-refractivity contribution in [3.05, 3.63) is 82.9 Å². The lowest BCUT2D eigenvalue weighted by Crippen LogP contribution is -2.35. The summed E-state index contributed by atoms with van der Waals surface area (Å²) in [7, 11) is -4.65. The third-order valence-corrected chi connectivity index (χ3v) is 8.09. The zero-order chi connectivity index (χ0) is 29.9. The number of benzene rings is 2. The number of nitrogens with one attached hydrogen (secondary N) is 1. The number of carbonyl (C=O) groups excluding carboxylic acids is 1. The lowest BCUT2D eigenvalue weighted by atomic mass is 9.85. The molecular formula is C29H27F3N4O4S. The Labute approximate surface area is 235 Å². The van der Waals surface area contributed by atoms with Crippen LogP contribution in [0, 0.1) is 34.7 Å². The Morgan fingerprint density at radius 1 is 1.10 bits per heavy atom. The van der Waals surface area contributed by atoms with Crippen LogP contribution in [0.5, 0.6) is 0 Å². The van der Waals surface area contributed by atoms with E-state index in [1.807, 2.05) is 19.9 Å². The minimum atomic E-state index is -4.65. The van der Waals surface area contributed by atoms with Gasteiger partial charge >= 0.3 is 0 Å². The molecule has 2 heterocycles. The minimum Gasteiger partial charge on any atom is -0.476 e. The molecule has 0 amide bonds. The van der Waals surface area contributed by atoms with Crippen LogP contribution in [0.3, 0.4) is 0 Å². The Kier molecular flexibility index (Phi) is 8.49. The summed E-state index contributed by atoms with van der Waals surface area (Å²) in [5.74, 6) is -5.06. The van der Waals surface area contributed by atoms with E-state index in [1.54, 1.807) is 6.92 Å². The number of nitriles is 1. The Bertz CT molecular complexity index is 1670. The van der Waals surface area contributed by atoms with E-state index in [2.05, 4.69) is 15.3 Å². The van der Waals surface area contributed by atoms with Gasteiger partial charge in [-0.3, -0.25) is 4.79 Å². The maximum atomic E-state index is 16.1. The maximum absolute atomic E-state index is 16.1. The molecule has 1 unspecified atom stereocenters. The van der Waals surface area contributed by atoms with Crippen LogP contribution in [-0.2, 0) is 25.1 Å². The SMILES string of the molecule is CC(C)CC1(C)OC(c2ccnc(NCCC#N)n2)=C(c2cccc(CS(=O)(=O)c3c(F)cccc3F)c2F)C1=O. The summed E-state index contributed by atoms with van der Waals surface area (Å²) in [6.45, 7) is 5.65. The van der Waals surface area contributed by atoms with Crippen LogP contribution in [0.2, 0.25) is 0 Å². The van der Waals surface area contributed by atoms with Gasteiger partial charge in [-0.15, -0.1) is 0 Å². The number of rotatable bonds is 10. The topological polar surface area (TPSA) is 122 Å². The summed E-state index contributed by atoms with van der Waals surface area (Å²) in [5.41, 5.74) is -1.98. The van der Waals surface area contributed by atoms with Gasteiger partial charge in [0.2, 0.25) is 11.7 Å². The first-order valence-corrected chi connectivity index (χ1v) is 14.4. The number of Topliss-reactive ketones (excluding diaryl/α,β-unsaturated/α-hetero) is 1. The van der Waals surface area contributed by atoms with Crippen molar-refractivity contribution in [3.8, 4) is 6.07 Å². The van der Waals surface area contributed by atoms with Gasteiger partial charge in [0.1, 0.15) is 28.0 Å². The summed E-state index contributed by atoms with van der Waals surface area (Å²) in [5, 5.41) is 11.7. The molecule has 0 saturated heterocycles. The molecule has 3 aromatic rings. The van der Waals surface area contributed by atoms with Crippen LogP contribution in [0.15, 0.2) is 53.6 Å². The number of ketones is 1. The Hall–Kier alpha value is -4.24. The zero-order valence-electron chi connectivity index (χ0n) is 22.5. The lowest BCUT2D eigenvalue weighted by Gasteiger charge is -2.25. The van der Waals surface area contributed by atoms with E-state index >= 15 is 4.39 Å². The van der Waals surface area contributed by atoms with E-state index < -0.39 is 49.3 Å². The molecule has 1 N–H and O–H groups in total. The van der Waals surface area contributed by atoms with Crippen LogP contribution < -0.4 is 5.32 Å². The molecule has 1 aliphatic heterocycles. The lowest BCUT2D eigenvalue weighted by molar-refractivity contribution is -0.127. The smallest absolute Gasteiger partial charge is 0.223 e. The highest BCUT2D eigenvalue weighted by Crippen LogP contribution is 2.44. The standard InChI is InChI=1S/C29H27F3N4O4S/c1-17(2)15-29(3)27(37)23(25(40-29)22-11-14-35-28(36-22)34-13-6-12-33)19-8-4-7-18(24(19)32)16-41(38,39)26-20(30)9-5-10-21(26)31/h4-5,7-11,14,17H,6,13,15-16H2,1-3H3,(H,34,35,36). The number of aromatic nitrogens is 2. The van der Waals surface area contributed by atoms with Crippen LogP contribution in [-0.4, -0.2) is 36.3 Å². The third-order valence-electron chi connectivity index (χ3n) is 6.39. The van der Waals surface area contributed by atoms with Gasteiger partial charge in [0.25, 0.3) is 0 Å². The summed E-state index contributed by atoms with van der Waals surface area (Å²) in [4.78, 5) is 21.2. The van der Waals surface area contributed by atoms with E-state index in [0.717, 1.165) is 18.2 Å². The van der Waals surface area contributed by atoms with Gasteiger partial charge in [0, 0.05) is 23.9 Å². The Balaban J connectivity index is 1.83. The molecule has 0 saturated carbocycles. The quantitative estimate of drug-likeness (QED) is 0.312. The number of carbonyl (C=O) groups is 1. The Morgan fingerprint density at radius 3 is 2.44 bits per heavy atom. The molecule has 0 radical (unpaired) electrons. The molecule has 0 spiro atoms. The van der Waals surface area contributed by atoms with Crippen molar-refractivity contribution in [1.29, 1.82) is 5.26 Å². The van der Waals surface area contributed by atoms with Crippen LogP contribution >= 0.6 is 0 Å². The molecule has 1 atom stereocenters. The monoisotopic (exact) mass is 584 g/mol. The minimum absolute atomic E-state index is 0.0233. The van der Waals surface area contributed by atoms with Crippen molar-refractivity contribution in [3.63, 3.8) is 0 Å². The van der Waals surface area contributed by atoms with E-state index in [-0.39, 0.29) is 53.0 Å². The maximum Gasteiger partial charge on any atom is 0.223 e. The third kappa shape index (κ3) is 6.10. The Morgan fingerprint density at radius 2 is 1.78 bits per heavy atom. The fourth-order valence-corrected chi connectivity index (χ4v) is 6.28. The summed E-state index contributed by atoms with van der Waals surface area (Å²) in [6, 6.07) is 9.93. The predicted molar refractivity (Wildman–Crippen MR) is 145 cm³/mol. The van der Waals surface area contributed by atoms with Crippen molar-refractivity contribution in [2.45, 2.75) is 49.9 Å². The predicted octanol–water partition coefficient (Wildman–Crippen LogP) is 5.47. The van der Waals surface area contributed by atoms with Crippen molar-refractivity contribution < 1.29 is 31.1 Å². The highest BCUT2D eigenvalue weighted by Gasteiger charge is 2.48. The summed E-state index contributed by atoms with van der Waals surface area (Å²) < 4.78 is 76.7. The van der Waals surface area contributed by atoms with Crippen LogP contribution in [0.1, 0.15) is 50.4 Å². The molecule has 1 aliphatic rings. The van der Waals surface area contributed by atoms with Gasteiger partial charge in [0.05, 0.1) is 23.8 Å². The number of halogens is 3. The van der Waals surface area contributed by atoms with Crippen molar-refractivity contribution >= 4 is 32.9 Å². The molecule has 41 heavy (non-hydrogen) atoms. The molecule has 0 bridgehead atoms. The molecule has 214 valence electrons. The van der Waals surface area contributed by atoms with E-state index in [9.17, 15) is 22.0 Å². The number of sulfone groups is 1. The zero-order valence-corrected chi connectivity index (χ0v) is 23.4. The average Bonchev–Trinajstić information content (AvgIpc) is 3.15. The number of nitrogens with zero attached hydrogens (tertiary/aromatic N) is 3. The van der Waals surface area contributed by atoms with Crippen LogP contribution in [0.4, 0.5) is 19.1 Å². The highest BCUT2D eigenvalue weighted by atomic mass is 32.2. The molecule has 2 aromatic carbocycles. The average molecular weight is 585 g/mol. The molecule has 4 rings (SSSR count). The van der Waals surface area contributed by atoms with Gasteiger partial charge in [-0.05, 0) is 37.5 Å². The second kappa shape index (κ2) is 11.7. The molecule has 1 aromatic heterocycles. The van der Waals surface area contributed by atoms with E-state index in [4.69, 9.17) is 10.00 Å². The van der Waals surface area contributed by atoms with Gasteiger partial charge < -0.3 is 10.1 Å². The molecule has 0 aliphatic carbocycles. The van der Waals surface area contributed by atoms with Crippen molar-refractivity contribution in [2.75, 3.05) is 11.9 Å². The first kappa shape index (κ1) is 29.7. The number of hydrogen-bond donors (Lipinski definition) is 1. The molecule has 0 fully saturated rings. The summed E-state index contributed by atoms with van der Waals surface area (Å²) >= 11 is 0. The van der Waals surface area contributed by atoms with Crippen LogP contribution in [0.25, 0.3) is 11.3 Å². The second-order valence-electron chi connectivity index (χ2n) is 10.2. The van der Waals surface area contributed by atoms with Crippen molar-refractivity contribution in [2.24, 2.45) is 5.92 Å². The molecular weight excluding hydrogens is 557 g/mol. The van der Waals surface area contributed by atoms with Gasteiger partial charge in [-0.2, -0.15) is 5.26 Å². The first-order chi connectivity index (χ1) is 19.4. The number of ether oxygens (including phenoxy) is 1. The first-order valence-electron chi connectivity index (χ1n) is 12.7. The second-order valence-corrected chi connectivity index (χ2v) is 12.1. The van der Waals surface area contributed by atoms with Gasteiger partial charge in [-0.25, -0.2) is 31.6 Å².